The molecule has 0 aliphatic carbocycles. The van der Waals surface area contributed by atoms with E-state index in [0.29, 0.717) is 24.5 Å². The van der Waals surface area contributed by atoms with Crippen molar-refractivity contribution >= 4 is 29.4 Å². The summed E-state index contributed by atoms with van der Waals surface area (Å²) >= 11 is 0. The first-order valence-corrected chi connectivity index (χ1v) is 11.8. The van der Waals surface area contributed by atoms with Crippen molar-refractivity contribution in [3.05, 3.63) is 76.9 Å². The highest BCUT2D eigenvalue weighted by atomic mass is 19.1. The molecule has 1 heterocycles. The molecule has 3 aromatic carbocycles. The SMILES string of the molecule is CC(=Nc1cccc(-c2cc(F)c(CN3CCN(C)C(=O)C3)c(F)c2)c1O)Nc1ccc(C=O)c(C)c1. The number of rotatable bonds is 6. The normalized spacial score (nSPS) is 14.7. The number of phenolic OH excluding ortho intramolecular Hbond substituents is 1. The van der Waals surface area contributed by atoms with Crippen LogP contribution >= 0.6 is 0 Å². The highest BCUT2D eigenvalue weighted by molar-refractivity contribution is 5.96. The van der Waals surface area contributed by atoms with Crippen molar-refractivity contribution in [3.63, 3.8) is 0 Å². The maximum absolute atomic E-state index is 15.0. The van der Waals surface area contributed by atoms with Gasteiger partial charge in [0.1, 0.15) is 35.2 Å². The van der Waals surface area contributed by atoms with Gasteiger partial charge in [0.05, 0.1) is 6.54 Å². The molecule has 0 aromatic heterocycles. The smallest absolute Gasteiger partial charge is 0.236 e. The van der Waals surface area contributed by atoms with Crippen LogP contribution in [0.2, 0.25) is 0 Å². The minimum atomic E-state index is -0.748. The number of carbonyl (C=O) groups is 2. The summed E-state index contributed by atoms with van der Waals surface area (Å²) in [6, 6.07) is 12.4. The molecule has 0 spiro atoms. The van der Waals surface area contributed by atoms with Gasteiger partial charge in [0.2, 0.25) is 5.91 Å². The lowest BCUT2D eigenvalue weighted by Crippen LogP contribution is -2.48. The summed E-state index contributed by atoms with van der Waals surface area (Å²) in [5.74, 6) is -1.33. The molecule has 1 amide bonds. The molecule has 192 valence electrons. The fourth-order valence-electron chi connectivity index (χ4n) is 4.23. The van der Waals surface area contributed by atoms with Gasteiger partial charge >= 0.3 is 0 Å². The van der Waals surface area contributed by atoms with Crippen LogP contribution in [-0.2, 0) is 11.3 Å². The summed E-state index contributed by atoms with van der Waals surface area (Å²) in [4.78, 5) is 30.7. The van der Waals surface area contributed by atoms with E-state index in [9.17, 15) is 23.5 Å². The number of halogens is 2. The minimum Gasteiger partial charge on any atom is -0.505 e. The van der Waals surface area contributed by atoms with Crippen LogP contribution < -0.4 is 5.32 Å². The first-order valence-electron chi connectivity index (χ1n) is 11.8. The number of amidine groups is 1. The lowest BCUT2D eigenvalue weighted by atomic mass is 10.0. The van der Waals surface area contributed by atoms with Gasteiger partial charge in [-0.2, -0.15) is 0 Å². The Morgan fingerprint density at radius 3 is 2.51 bits per heavy atom. The van der Waals surface area contributed by atoms with Crippen LogP contribution in [0.5, 0.6) is 5.75 Å². The van der Waals surface area contributed by atoms with E-state index in [-0.39, 0.29) is 47.1 Å². The van der Waals surface area contributed by atoms with Crippen LogP contribution in [0, 0.1) is 18.6 Å². The second-order valence-electron chi connectivity index (χ2n) is 9.13. The van der Waals surface area contributed by atoms with Crippen molar-refractivity contribution in [2.75, 3.05) is 32.0 Å². The molecule has 0 bridgehead atoms. The van der Waals surface area contributed by atoms with E-state index in [4.69, 9.17) is 0 Å². The van der Waals surface area contributed by atoms with Gasteiger partial charge in [-0.25, -0.2) is 13.8 Å². The van der Waals surface area contributed by atoms with Gasteiger partial charge in [-0.05, 0) is 61.4 Å². The number of hydrogen-bond acceptors (Lipinski definition) is 5. The average Bonchev–Trinajstić information content (AvgIpc) is 2.85. The van der Waals surface area contributed by atoms with Gasteiger partial charge < -0.3 is 15.3 Å². The molecule has 0 unspecified atom stereocenters. The van der Waals surface area contributed by atoms with Crippen molar-refractivity contribution in [2.24, 2.45) is 4.99 Å². The van der Waals surface area contributed by atoms with E-state index < -0.39 is 11.6 Å². The summed E-state index contributed by atoms with van der Waals surface area (Å²) in [5, 5.41) is 14.0. The van der Waals surface area contributed by atoms with Crippen molar-refractivity contribution in [1.82, 2.24) is 9.80 Å². The Kier molecular flexibility index (Phi) is 7.63. The molecule has 1 aliphatic rings. The molecule has 1 aliphatic heterocycles. The lowest BCUT2D eigenvalue weighted by molar-refractivity contribution is -0.134. The van der Waals surface area contributed by atoms with Gasteiger partial charge in [0, 0.05) is 49.1 Å². The third kappa shape index (κ3) is 5.83. The minimum absolute atomic E-state index is 0.0218. The zero-order chi connectivity index (χ0) is 26.7. The molecule has 1 saturated heterocycles. The topological polar surface area (TPSA) is 85.2 Å². The van der Waals surface area contributed by atoms with Crippen molar-refractivity contribution < 1.29 is 23.5 Å². The number of hydrogen-bond donors (Lipinski definition) is 2. The Labute approximate surface area is 214 Å². The number of phenols is 1. The highest BCUT2D eigenvalue weighted by Gasteiger charge is 2.24. The quantitative estimate of drug-likeness (QED) is 0.282. The predicted molar refractivity (Wildman–Crippen MR) is 139 cm³/mol. The number of nitrogens with zero attached hydrogens (tertiary/aromatic N) is 3. The van der Waals surface area contributed by atoms with Gasteiger partial charge in [-0.3, -0.25) is 14.5 Å². The molecular weight excluding hydrogens is 478 g/mol. The second kappa shape index (κ2) is 10.9. The Bertz CT molecular complexity index is 1370. The number of aromatic hydroxyl groups is 1. The van der Waals surface area contributed by atoms with E-state index >= 15 is 0 Å². The summed E-state index contributed by atoms with van der Waals surface area (Å²) in [6.07, 6.45) is 0.787. The fraction of sp³-hybridized carbons (Fsp3) is 0.250. The number of aliphatic imine (C=N–C) groups is 1. The summed E-state index contributed by atoms with van der Waals surface area (Å²) in [5.41, 5.74) is 2.64. The van der Waals surface area contributed by atoms with E-state index in [2.05, 4.69) is 10.3 Å². The van der Waals surface area contributed by atoms with E-state index in [1.165, 1.54) is 12.1 Å². The summed E-state index contributed by atoms with van der Waals surface area (Å²) in [7, 11) is 1.70. The molecule has 4 rings (SSSR count). The van der Waals surface area contributed by atoms with Crippen molar-refractivity contribution in [2.45, 2.75) is 20.4 Å². The van der Waals surface area contributed by atoms with Crippen LogP contribution in [0.25, 0.3) is 11.1 Å². The largest absolute Gasteiger partial charge is 0.505 e. The Hall–Kier alpha value is -4.11. The monoisotopic (exact) mass is 506 g/mol. The van der Waals surface area contributed by atoms with Crippen LogP contribution in [0.4, 0.5) is 20.2 Å². The molecule has 2 N–H and O–H groups in total. The molecule has 9 heteroatoms. The highest BCUT2D eigenvalue weighted by Crippen LogP contribution is 2.38. The van der Waals surface area contributed by atoms with E-state index in [0.717, 1.165) is 17.5 Å². The number of piperazine rings is 1. The number of benzene rings is 3. The number of likely N-dealkylation sites (N-methyl/N-ethyl adjacent to an activating group) is 1. The molecule has 0 saturated carbocycles. The van der Waals surface area contributed by atoms with Crippen LogP contribution in [0.3, 0.4) is 0 Å². The maximum Gasteiger partial charge on any atom is 0.236 e. The average molecular weight is 507 g/mol. The van der Waals surface area contributed by atoms with Crippen molar-refractivity contribution in [1.29, 1.82) is 0 Å². The Balaban J connectivity index is 1.56. The van der Waals surface area contributed by atoms with E-state index in [1.807, 2.05) is 13.0 Å². The molecule has 37 heavy (non-hydrogen) atoms. The number of para-hydroxylation sites is 1. The summed E-state index contributed by atoms with van der Waals surface area (Å²) < 4.78 is 30.0. The molecular formula is C28H28F2N4O3. The van der Waals surface area contributed by atoms with Crippen molar-refractivity contribution in [3.8, 4) is 16.9 Å². The number of anilines is 1. The zero-order valence-corrected chi connectivity index (χ0v) is 20.9. The van der Waals surface area contributed by atoms with Crippen LogP contribution in [0.15, 0.2) is 53.5 Å². The van der Waals surface area contributed by atoms with Gasteiger partial charge in [0.15, 0.2) is 0 Å². The number of nitrogens with one attached hydrogen (secondary N) is 1. The number of aldehydes is 1. The predicted octanol–water partition coefficient (Wildman–Crippen LogP) is 4.89. The zero-order valence-electron chi connectivity index (χ0n) is 20.9. The molecule has 0 radical (unpaired) electrons. The van der Waals surface area contributed by atoms with Crippen LogP contribution in [-0.4, -0.2) is 59.6 Å². The molecule has 1 fully saturated rings. The molecule has 3 aromatic rings. The molecule has 7 nitrogen and oxygen atoms in total. The van der Waals surface area contributed by atoms with Gasteiger partial charge in [-0.1, -0.05) is 12.1 Å². The fourth-order valence-corrected chi connectivity index (χ4v) is 4.23. The molecule has 0 atom stereocenters. The standard InChI is InChI=1S/C28H28F2N4O3/c1-17-11-21(8-7-19(17)16-35)31-18(2)32-26-6-4-5-22(28(26)37)20-12-24(29)23(25(30)13-20)14-34-10-9-33(3)27(36)15-34/h4-8,11-13,16,37H,9-10,14-15H2,1-3H3,(H,31,32). The third-order valence-corrected chi connectivity index (χ3v) is 6.39. The summed E-state index contributed by atoms with van der Waals surface area (Å²) in [6.45, 7) is 4.65. The van der Waals surface area contributed by atoms with Gasteiger partial charge in [0.25, 0.3) is 0 Å². The number of carbonyl (C=O) groups excluding carboxylic acids is 2. The lowest BCUT2D eigenvalue weighted by Gasteiger charge is -2.32. The third-order valence-electron chi connectivity index (χ3n) is 6.39. The first kappa shape index (κ1) is 26.0. The Morgan fingerprint density at radius 2 is 1.86 bits per heavy atom. The van der Waals surface area contributed by atoms with Crippen LogP contribution in [0.1, 0.15) is 28.4 Å². The number of aryl methyl sites for hydroxylation is 1. The number of amides is 1. The second-order valence-corrected chi connectivity index (χ2v) is 9.13. The first-order chi connectivity index (χ1) is 17.7. The van der Waals surface area contributed by atoms with Gasteiger partial charge in [-0.15, -0.1) is 0 Å². The maximum atomic E-state index is 15.0. The Morgan fingerprint density at radius 1 is 1.14 bits per heavy atom. The van der Waals surface area contributed by atoms with E-state index in [1.54, 1.807) is 54.1 Å².